The second kappa shape index (κ2) is 4.88. The van der Waals surface area contributed by atoms with Gasteiger partial charge in [-0.2, -0.15) is 0 Å². The maximum absolute atomic E-state index is 12.0. The van der Waals surface area contributed by atoms with E-state index in [0.717, 1.165) is 12.8 Å². The van der Waals surface area contributed by atoms with E-state index in [2.05, 4.69) is 23.5 Å². The predicted molar refractivity (Wildman–Crippen MR) is 68.8 cm³/mol. The van der Waals surface area contributed by atoms with Gasteiger partial charge in [-0.15, -0.1) is 0 Å². The minimum absolute atomic E-state index is 0.0808. The molecule has 0 aromatic heterocycles. The molecule has 3 nitrogen and oxygen atoms in total. The van der Waals surface area contributed by atoms with Crippen molar-refractivity contribution in [3.05, 3.63) is 35.4 Å². The van der Waals surface area contributed by atoms with Crippen LogP contribution < -0.4 is 5.32 Å². The number of fused-ring (bicyclic) bond motifs is 1. The Morgan fingerprint density at radius 1 is 1.41 bits per heavy atom. The fourth-order valence-electron chi connectivity index (χ4n) is 2.23. The molecule has 2 atom stereocenters. The van der Waals surface area contributed by atoms with Gasteiger partial charge >= 0.3 is 0 Å². The van der Waals surface area contributed by atoms with Crippen LogP contribution in [0.5, 0.6) is 0 Å². The van der Waals surface area contributed by atoms with Crippen LogP contribution >= 0.6 is 0 Å². The summed E-state index contributed by atoms with van der Waals surface area (Å²) < 4.78 is 0. The highest BCUT2D eigenvalue weighted by Crippen LogP contribution is 2.30. The molecular weight excluding hydrogens is 212 g/mol. The first-order valence-electron chi connectivity index (χ1n) is 6.14. The number of carbonyl (C=O) groups excluding carboxylic acids is 1. The summed E-state index contributed by atoms with van der Waals surface area (Å²) in [6.07, 6.45) is 2.09. The number of amides is 1. The molecule has 1 aliphatic carbocycles. The minimum Gasteiger partial charge on any atom is -0.348 e. The van der Waals surface area contributed by atoms with Crippen LogP contribution in [0.1, 0.15) is 30.5 Å². The Morgan fingerprint density at radius 3 is 2.82 bits per heavy atom. The number of nitrogens with zero attached hydrogens (tertiary/aromatic N) is 1. The van der Waals surface area contributed by atoms with E-state index in [1.54, 1.807) is 0 Å². The van der Waals surface area contributed by atoms with E-state index < -0.39 is 0 Å². The Labute approximate surface area is 103 Å². The summed E-state index contributed by atoms with van der Waals surface area (Å²) in [6.45, 7) is 1.93. The second-order valence-corrected chi connectivity index (χ2v) is 4.94. The quantitative estimate of drug-likeness (QED) is 0.861. The molecular formula is C14H20N2O. The highest BCUT2D eigenvalue weighted by molar-refractivity contribution is 5.81. The van der Waals surface area contributed by atoms with Gasteiger partial charge in [-0.1, -0.05) is 24.3 Å². The van der Waals surface area contributed by atoms with Gasteiger partial charge in [0.25, 0.3) is 0 Å². The second-order valence-electron chi connectivity index (χ2n) is 4.94. The maximum atomic E-state index is 12.0. The Morgan fingerprint density at radius 2 is 2.12 bits per heavy atom. The number of likely N-dealkylation sites (N-methyl/N-ethyl adjacent to an activating group) is 1. The zero-order chi connectivity index (χ0) is 12.4. The third-order valence-electron chi connectivity index (χ3n) is 3.60. The summed E-state index contributed by atoms with van der Waals surface area (Å²) in [6, 6.07) is 8.48. The zero-order valence-electron chi connectivity index (χ0n) is 10.7. The molecule has 0 fully saturated rings. The number of carbonyl (C=O) groups is 1. The molecule has 2 unspecified atom stereocenters. The van der Waals surface area contributed by atoms with Crippen LogP contribution in [0, 0.1) is 0 Å². The molecule has 0 saturated heterocycles. The molecule has 0 bridgehead atoms. The molecule has 0 spiro atoms. The first-order valence-corrected chi connectivity index (χ1v) is 6.14. The van der Waals surface area contributed by atoms with Gasteiger partial charge in [0.05, 0.1) is 12.1 Å². The normalized spacial score (nSPS) is 20.1. The maximum Gasteiger partial charge on any atom is 0.237 e. The van der Waals surface area contributed by atoms with Gasteiger partial charge < -0.3 is 5.32 Å². The van der Waals surface area contributed by atoms with Gasteiger partial charge in [0, 0.05) is 0 Å². The van der Waals surface area contributed by atoms with Gasteiger partial charge in [0.15, 0.2) is 0 Å². The van der Waals surface area contributed by atoms with Crippen LogP contribution in [0.3, 0.4) is 0 Å². The topological polar surface area (TPSA) is 32.3 Å². The fourth-order valence-corrected chi connectivity index (χ4v) is 2.23. The van der Waals surface area contributed by atoms with Crippen LogP contribution in [0.25, 0.3) is 0 Å². The van der Waals surface area contributed by atoms with Crippen LogP contribution in [-0.4, -0.2) is 30.9 Å². The molecule has 0 saturated carbocycles. The van der Waals surface area contributed by atoms with E-state index in [1.165, 1.54) is 11.1 Å². The molecule has 1 N–H and O–H groups in total. The van der Waals surface area contributed by atoms with E-state index in [9.17, 15) is 4.79 Å². The number of hydrogen-bond donors (Lipinski definition) is 1. The Hall–Kier alpha value is -1.35. The first-order chi connectivity index (χ1) is 8.09. The molecule has 17 heavy (non-hydrogen) atoms. The molecule has 92 valence electrons. The monoisotopic (exact) mass is 232 g/mol. The van der Waals surface area contributed by atoms with E-state index in [0.29, 0.717) is 0 Å². The summed E-state index contributed by atoms with van der Waals surface area (Å²) >= 11 is 0. The Kier molecular flexibility index (Phi) is 3.48. The summed E-state index contributed by atoms with van der Waals surface area (Å²) in [5.74, 6) is 0.108. The first kappa shape index (κ1) is 12.1. The summed E-state index contributed by atoms with van der Waals surface area (Å²) in [7, 11) is 3.85. The van der Waals surface area contributed by atoms with Crippen LogP contribution in [0.4, 0.5) is 0 Å². The van der Waals surface area contributed by atoms with Crippen molar-refractivity contribution >= 4 is 5.91 Å². The lowest BCUT2D eigenvalue weighted by molar-refractivity contribution is -0.125. The van der Waals surface area contributed by atoms with Crippen molar-refractivity contribution in [1.82, 2.24) is 10.2 Å². The Balaban J connectivity index is 2.05. The van der Waals surface area contributed by atoms with E-state index >= 15 is 0 Å². The summed E-state index contributed by atoms with van der Waals surface area (Å²) in [5, 5.41) is 3.14. The molecule has 0 radical (unpaired) electrons. The van der Waals surface area contributed by atoms with Crippen molar-refractivity contribution < 1.29 is 4.79 Å². The molecule has 1 amide bonds. The lowest BCUT2D eigenvalue weighted by Gasteiger charge is -2.22. The van der Waals surface area contributed by atoms with E-state index in [-0.39, 0.29) is 18.0 Å². The van der Waals surface area contributed by atoms with E-state index in [1.807, 2.05) is 32.0 Å². The molecule has 1 aromatic rings. The minimum atomic E-state index is -0.0808. The van der Waals surface area contributed by atoms with Crippen molar-refractivity contribution in [3.8, 4) is 0 Å². The Bertz CT molecular complexity index is 414. The lowest BCUT2D eigenvalue weighted by atomic mass is 10.1. The van der Waals surface area contributed by atoms with Crippen molar-refractivity contribution in [2.24, 2.45) is 0 Å². The SMILES string of the molecule is CC(C(=O)NC1CCc2ccccc21)N(C)C. The van der Waals surface area contributed by atoms with Gasteiger partial charge in [-0.25, -0.2) is 0 Å². The average molecular weight is 232 g/mol. The fraction of sp³-hybridized carbons (Fsp3) is 0.500. The largest absolute Gasteiger partial charge is 0.348 e. The number of nitrogens with one attached hydrogen (secondary N) is 1. The molecule has 2 rings (SSSR count). The van der Waals surface area contributed by atoms with Crippen LogP contribution in [-0.2, 0) is 11.2 Å². The predicted octanol–water partition coefficient (Wildman–Crippen LogP) is 1.74. The average Bonchev–Trinajstić information content (AvgIpc) is 2.71. The summed E-state index contributed by atoms with van der Waals surface area (Å²) in [4.78, 5) is 13.9. The number of benzene rings is 1. The molecule has 0 heterocycles. The third kappa shape index (κ3) is 2.50. The number of aryl methyl sites for hydroxylation is 1. The molecule has 1 aromatic carbocycles. The van der Waals surface area contributed by atoms with Gasteiger partial charge in [-0.05, 0) is 45.0 Å². The zero-order valence-corrected chi connectivity index (χ0v) is 10.7. The standard InChI is InChI=1S/C14H20N2O/c1-10(16(2)3)14(17)15-13-9-8-11-6-4-5-7-12(11)13/h4-7,10,13H,8-9H2,1-3H3,(H,15,17). The van der Waals surface area contributed by atoms with Crippen molar-refractivity contribution in [2.75, 3.05) is 14.1 Å². The van der Waals surface area contributed by atoms with Crippen molar-refractivity contribution in [1.29, 1.82) is 0 Å². The number of hydrogen-bond acceptors (Lipinski definition) is 2. The van der Waals surface area contributed by atoms with Gasteiger partial charge in [-0.3, -0.25) is 9.69 Å². The molecule has 3 heteroatoms. The molecule has 0 aliphatic heterocycles. The highest BCUT2D eigenvalue weighted by atomic mass is 16.2. The van der Waals surface area contributed by atoms with Crippen molar-refractivity contribution in [3.63, 3.8) is 0 Å². The lowest BCUT2D eigenvalue weighted by Crippen LogP contribution is -2.42. The summed E-state index contributed by atoms with van der Waals surface area (Å²) in [5.41, 5.74) is 2.65. The van der Waals surface area contributed by atoms with E-state index in [4.69, 9.17) is 0 Å². The van der Waals surface area contributed by atoms with Gasteiger partial charge in [0.1, 0.15) is 0 Å². The highest BCUT2D eigenvalue weighted by Gasteiger charge is 2.25. The molecule has 1 aliphatic rings. The van der Waals surface area contributed by atoms with Crippen LogP contribution in [0.15, 0.2) is 24.3 Å². The van der Waals surface area contributed by atoms with Crippen molar-refractivity contribution in [2.45, 2.75) is 31.8 Å². The van der Waals surface area contributed by atoms with Crippen LogP contribution in [0.2, 0.25) is 0 Å². The van der Waals surface area contributed by atoms with Gasteiger partial charge in [0.2, 0.25) is 5.91 Å². The third-order valence-corrected chi connectivity index (χ3v) is 3.60. The number of rotatable bonds is 3. The smallest absolute Gasteiger partial charge is 0.237 e.